The van der Waals surface area contributed by atoms with Gasteiger partial charge in [0.2, 0.25) is 0 Å². The van der Waals surface area contributed by atoms with E-state index in [1.54, 1.807) is 25.1 Å². The summed E-state index contributed by atoms with van der Waals surface area (Å²) < 4.78 is 10.3. The van der Waals surface area contributed by atoms with E-state index in [1.165, 1.54) is 20.0 Å². The van der Waals surface area contributed by atoms with Crippen molar-refractivity contribution >= 4 is 17.9 Å². The van der Waals surface area contributed by atoms with Crippen molar-refractivity contribution in [2.75, 3.05) is 13.7 Å². The molecule has 0 spiro atoms. The highest BCUT2D eigenvalue weighted by Gasteiger charge is 2.17. The zero-order chi connectivity index (χ0) is 15.8. The molecule has 7 heteroatoms. The lowest BCUT2D eigenvalue weighted by atomic mass is 10.2. The molecule has 0 aliphatic carbocycles. The number of carbonyl (C=O) groups excluding carboxylic acids is 3. The minimum Gasteiger partial charge on any atom is -0.481 e. The Kier molecular flexibility index (Phi) is 6.19. The van der Waals surface area contributed by atoms with Gasteiger partial charge in [0.25, 0.3) is 5.91 Å². The fourth-order valence-corrected chi connectivity index (χ4v) is 1.44. The lowest BCUT2D eigenvalue weighted by molar-refractivity contribution is -0.126. The number of urea groups is 1. The van der Waals surface area contributed by atoms with Crippen LogP contribution in [-0.2, 0) is 9.53 Å². The molecule has 21 heavy (non-hydrogen) atoms. The first-order valence-electron chi connectivity index (χ1n) is 6.44. The van der Waals surface area contributed by atoms with Gasteiger partial charge in [-0.05, 0) is 32.0 Å². The number of carbonyl (C=O) groups is 3. The summed E-state index contributed by atoms with van der Waals surface area (Å²) in [7, 11) is 1.40. The number of nitrogens with one attached hydrogen (secondary N) is 2. The molecule has 0 aromatic heterocycles. The van der Waals surface area contributed by atoms with Gasteiger partial charge in [-0.15, -0.1) is 0 Å². The normalized spacial score (nSPS) is 11.2. The van der Waals surface area contributed by atoms with Gasteiger partial charge in [-0.25, -0.2) is 9.59 Å². The number of amides is 3. The van der Waals surface area contributed by atoms with Crippen LogP contribution in [0.4, 0.5) is 4.79 Å². The summed E-state index contributed by atoms with van der Waals surface area (Å²) in [4.78, 5) is 34.3. The van der Waals surface area contributed by atoms with Gasteiger partial charge in [0.1, 0.15) is 5.75 Å². The number of ether oxygens (including phenoxy) is 2. The van der Waals surface area contributed by atoms with Crippen molar-refractivity contribution < 1.29 is 23.9 Å². The van der Waals surface area contributed by atoms with Crippen LogP contribution in [0.3, 0.4) is 0 Å². The molecule has 0 saturated carbocycles. The van der Waals surface area contributed by atoms with E-state index in [2.05, 4.69) is 10.6 Å². The lowest BCUT2D eigenvalue weighted by Gasteiger charge is -2.14. The molecule has 0 radical (unpaired) electrons. The second kappa shape index (κ2) is 7.88. The number of hydrogen-bond donors (Lipinski definition) is 2. The molecule has 1 aromatic carbocycles. The molecule has 114 valence electrons. The van der Waals surface area contributed by atoms with Crippen molar-refractivity contribution in [2.24, 2.45) is 0 Å². The fourth-order valence-electron chi connectivity index (χ4n) is 1.44. The van der Waals surface area contributed by atoms with E-state index in [9.17, 15) is 14.4 Å². The number of esters is 1. The number of rotatable bonds is 5. The molecule has 0 heterocycles. The van der Waals surface area contributed by atoms with E-state index in [-0.39, 0.29) is 6.61 Å². The maximum Gasteiger partial charge on any atom is 0.338 e. The molecule has 0 saturated heterocycles. The molecule has 7 nitrogen and oxygen atoms in total. The van der Waals surface area contributed by atoms with Crippen LogP contribution in [0, 0.1) is 0 Å². The van der Waals surface area contributed by atoms with Gasteiger partial charge >= 0.3 is 12.0 Å². The predicted molar refractivity (Wildman–Crippen MR) is 75.1 cm³/mol. The zero-order valence-corrected chi connectivity index (χ0v) is 12.1. The maximum atomic E-state index is 11.6. The zero-order valence-electron chi connectivity index (χ0n) is 12.1. The van der Waals surface area contributed by atoms with Gasteiger partial charge in [-0.2, -0.15) is 0 Å². The first-order chi connectivity index (χ1) is 9.97. The van der Waals surface area contributed by atoms with Crippen LogP contribution in [0.1, 0.15) is 24.2 Å². The van der Waals surface area contributed by atoms with Gasteiger partial charge in [0, 0.05) is 7.05 Å². The quantitative estimate of drug-likeness (QED) is 0.793. The minimum atomic E-state index is -0.889. The Bertz CT molecular complexity index is 530. The Labute approximate surface area is 122 Å². The average molecular weight is 294 g/mol. The predicted octanol–water partition coefficient (Wildman–Crippen LogP) is 1.09. The third-order valence-electron chi connectivity index (χ3n) is 2.49. The molecular weight excluding hydrogens is 276 g/mol. The van der Waals surface area contributed by atoms with Crippen molar-refractivity contribution in [3.05, 3.63) is 29.8 Å². The second-order valence-corrected chi connectivity index (χ2v) is 4.08. The minimum absolute atomic E-state index is 0.273. The second-order valence-electron chi connectivity index (χ2n) is 4.08. The van der Waals surface area contributed by atoms with Gasteiger partial charge in [0.05, 0.1) is 12.2 Å². The largest absolute Gasteiger partial charge is 0.481 e. The van der Waals surface area contributed by atoms with Crippen LogP contribution in [0.15, 0.2) is 24.3 Å². The molecule has 2 N–H and O–H groups in total. The Morgan fingerprint density at radius 3 is 2.62 bits per heavy atom. The Balaban J connectivity index is 2.70. The summed E-state index contributed by atoms with van der Waals surface area (Å²) in [6.45, 7) is 3.48. The summed E-state index contributed by atoms with van der Waals surface area (Å²) in [5.41, 5.74) is 0.327. The van der Waals surface area contributed by atoms with Crippen molar-refractivity contribution in [3.63, 3.8) is 0 Å². The maximum absolute atomic E-state index is 11.6. The van der Waals surface area contributed by atoms with Crippen molar-refractivity contribution in [1.82, 2.24) is 10.6 Å². The van der Waals surface area contributed by atoms with Crippen LogP contribution in [0.5, 0.6) is 5.75 Å². The third-order valence-corrected chi connectivity index (χ3v) is 2.49. The van der Waals surface area contributed by atoms with Crippen molar-refractivity contribution in [3.8, 4) is 5.75 Å². The lowest BCUT2D eigenvalue weighted by Crippen LogP contribution is -2.43. The van der Waals surface area contributed by atoms with E-state index in [0.29, 0.717) is 11.3 Å². The molecule has 0 unspecified atom stereocenters. The smallest absolute Gasteiger partial charge is 0.338 e. The van der Waals surface area contributed by atoms with Crippen LogP contribution in [-0.4, -0.2) is 37.7 Å². The van der Waals surface area contributed by atoms with Crippen molar-refractivity contribution in [2.45, 2.75) is 20.0 Å². The Morgan fingerprint density at radius 2 is 2.00 bits per heavy atom. The van der Waals surface area contributed by atoms with E-state index >= 15 is 0 Å². The average Bonchev–Trinajstić information content (AvgIpc) is 2.47. The summed E-state index contributed by atoms with van der Waals surface area (Å²) in [5, 5.41) is 4.37. The van der Waals surface area contributed by atoms with Crippen LogP contribution in [0.2, 0.25) is 0 Å². The molecule has 0 fully saturated rings. The van der Waals surface area contributed by atoms with Crippen LogP contribution >= 0.6 is 0 Å². The highest BCUT2D eigenvalue weighted by molar-refractivity contribution is 5.96. The van der Waals surface area contributed by atoms with Gasteiger partial charge in [-0.3, -0.25) is 10.1 Å². The highest BCUT2D eigenvalue weighted by atomic mass is 16.5. The number of imide groups is 1. The number of hydrogen-bond acceptors (Lipinski definition) is 5. The summed E-state index contributed by atoms with van der Waals surface area (Å²) in [5.74, 6) is -0.721. The first kappa shape index (κ1) is 16.5. The fraction of sp³-hybridized carbons (Fsp3) is 0.357. The van der Waals surface area contributed by atoms with Gasteiger partial charge in [-0.1, -0.05) is 6.07 Å². The van der Waals surface area contributed by atoms with E-state index in [0.717, 1.165) is 0 Å². The van der Waals surface area contributed by atoms with Crippen LogP contribution < -0.4 is 15.4 Å². The first-order valence-corrected chi connectivity index (χ1v) is 6.44. The molecule has 3 amide bonds. The highest BCUT2D eigenvalue weighted by Crippen LogP contribution is 2.15. The van der Waals surface area contributed by atoms with Gasteiger partial charge in [0.15, 0.2) is 6.10 Å². The van der Waals surface area contributed by atoms with E-state index in [4.69, 9.17) is 9.47 Å². The summed E-state index contributed by atoms with van der Waals surface area (Å²) in [6.07, 6.45) is -0.889. The standard InChI is InChI=1S/C14H18N2O5/c1-4-20-13(18)10-6-5-7-11(8-10)21-9(2)12(17)16-14(19)15-3/h5-9H,4H2,1-3H3,(H2,15,16,17,19)/t9-/m1/s1. The number of benzene rings is 1. The molecule has 1 atom stereocenters. The van der Waals surface area contributed by atoms with Crippen LogP contribution in [0.25, 0.3) is 0 Å². The third kappa shape index (κ3) is 5.13. The Morgan fingerprint density at radius 1 is 1.29 bits per heavy atom. The topological polar surface area (TPSA) is 93.7 Å². The summed E-state index contributed by atoms with van der Waals surface area (Å²) >= 11 is 0. The van der Waals surface area contributed by atoms with Gasteiger partial charge < -0.3 is 14.8 Å². The Hall–Kier alpha value is -2.57. The van der Waals surface area contributed by atoms with E-state index in [1.807, 2.05) is 0 Å². The molecule has 0 aliphatic heterocycles. The molecule has 0 bridgehead atoms. The molecule has 0 aliphatic rings. The summed E-state index contributed by atoms with van der Waals surface area (Å²) in [6, 6.07) is 5.66. The van der Waals surface area contributed by atoms with E-state index < -0.39 is 24.0 Å². The molecular formula is C14H18N2O5. The van der Waals surface area contributed by atoms with Crippen molar-refractivity contribution in [1.29, 1.82) is 0 Å². The monoisotopic (exact) mass is 294 g/mol. The SMILES string of the molecule is CCOC(=O)c1cccc(O[C@H](C)C(=O)NC(=O)NC)c1. The molecule has 1 rings (SSSR count). The molecule has 1 aromatic rings.